The summed E-state index contributed by atoms with van der Waals surface area (Å²) < 4.78 is 0. The van der Waals surface area contributed by atoms with Crippen molar-refractivity contribution in [3.63, 3.8) is 0 Å². The van der Waals surface area contributed by atoms with E-state index in [0.717, 1.165) is 11.1 Å². The molecule has 2 aromatic rings. The van der Waals surface area contributed by atoms with Crippen molar-refractivity contribution in [3.05, 3.63) is 62.6 Å². The van der Waals surface area contributed by atoms with Crippen molar-refractivity contribution < 1.29 is 9.59 Å². The highest BCUT2D eigenvalue weighted by atomic mass is 35.5. The molecule has 0 spiro atoms. The van der Waals surface area contributed by atoms with Crippen molar-refractivity contribution in [2.45, 2.75) is 26.3 Å². The number of halogens is 3. The van der Waals surface area contributed by atoms with Crippen LogP contribution < -0.4 is 16.2 Å². The van der Waals surface area contributed by atoms with Gasteiger partial charge in [-0.25, -0.2) is 0 Å². The normalized spacial score (nSPS) is 11.6. The Labute approximate surface area is 167 Å². The molecule has 0 radical (unpaired) electrons. The number of anilines is 1. The fraction of sp³-hybridized carbons (Fsp3) is 0.222. The van der Waals surface area contributed by atoms with E-state index >= 15 is 0 Å². The van der Waals surface area contributed by atoms with E-state index < -0.39 is 6.04 Å². The molecule has 0 aromatic heterocycles. The fourth-order valence-corrected chi connectivity index (χ4v) is 3.24. The summed E-state index contributed by atoms with van der Waals surface area (Å²) in [7, 11) is 0. The summed E-state index contributed by atoms with van der Waals surface area (Å²) in [4.78, 5) is 23.8. The van der Waals surface area contributed by atoms with Crippen LogP contribution in [-0.4, -0.2) is 11.8 Å². The summed E-state index contributed by atoms with van der Waals surface area (Å²) in [6.45, 7) is 3.37. The molecule has 0 saturated carbocycles. The van der Waals surface area contributed by atoms with Crippen LogP contribution in [0.1, 0.15) is 30.5 Å². The molecule has 0 aliphatic rings. The van der Waals surface area contributed by atoms with Gasteiger partial charge < -0.3 is 5.32 Å². The molecule has 2 rings (SSSR count). The molecule has 0 fully saturated rings. The van der Waals surface area contributed by atoms with Crippen molar-refractivity contribution in [3.8, 4) is 0 Å². The second-order valence-corrected chi connectivity index (χ2v) is 7.04. The molecule has 0 saturated heterocycles. The molecule has 0 heterocycles. The molecule has 5 nitrogen and oxygen atoms in total. The van der Waals surface area contributed by atoms with E-state index in [4.69, 9.17) is 34.8 Å². The van der Waals surface area contributed by atoms with Crippen molar-refractivity contribution in [2.75, 3.05) is 5.43 Å². The quantitative estimate of drug-likeness (QED) is 0.602. The maximum absolute atomic E-state index is 12.3. The lowest BCUT2D eigenvalue weighted by molar-refractivity contribution is -0.122. The van der Waals surface area contributed by atoms with E-state index in [9.17, 15) is 9.59 Å². The monoisotopic (exact) mass is 413 g/mol. The van der Waals surface area contributed by atoms with Gasteiger partial charge in [0.15, 0.2) is 0 Å². The number of carbonyl (C=O) groups excluding carboxylic acids is 2. The first kappa shape index (κ1) is 20.4. The maximum Gasteiger partial charge on any atom is 0.240 e. The molecule has 0 aliphatic heterocycles. The molecule has 2 aromatic carbocycles. The lowest BCUT2D eigenvalue weighted by atomic mass is 10.0. The standard InChI is InChI=1S/C18H18Cl3N3O2/c1-10-3-5-12(6-4-10)16(22-11(2)25)9-17(26)23-24-18-14(20)7-13(19)8-15(18)21/h3-8,16,24H,9H2,1-2H3,(H,22,25)(H,23,26). The topological polar surface area (TPSA) is 70.2 Å². The lowest BCUT2D eigenvalue weighted by Crippen LogP contribution is -2.35. The summed E-state index contributed by atoms with van der Waals surface area (Å²) in [6.07, 6.45) is 0.0401. The smallest absolute Gasteiger partial charge is 0.240 e. The number of aryl methyl sites for hydroxylation is 1. The van der Waals surface area contributed by atoms with Crippen LogP contribution in [0.5, 0.6) is 0 Å². The van der Waals surface area contributed by atoms with Gasteiger partial charge in [0.25, 0.3) is 0 Å². The number of nitrogens with one attached hydrogen (secondary N) is 3. The second kappa shape index (κ2) is 9.12. The first-order valence-electron chi connectivity index (χ1n) is 7.79. The van der Waals surface area contributed by atoms with Crippen LogP contribution in [0.2, 0.25) is 15.1 Å². The highest BCUT2D eigenvalue weighted by Crippen LogP contribution is 2.33. The molecule has 0 bridgehead atoms. The minimum atomic E-state index is -0.453. The van der Waals surface area contributed by atoms with E-state index in [-0.39, 0.29) is 28.3 Å². The zero-order valence-electron chi connectivity index (χ0n) is 14.2. The van der Waals surface area contributed by atoms with Gasteiger partial charge >= 0.3 is 0 Å². The van der Waals surface area contributed by atoms with Gasteiger partial charge in [-0.1, -0.05) is 64.6 Å². The van der Waals surface area contributed by atoms with Crippen LogP contribution in [0.15, 0.2) is 36.4 Å². The van der Waals surface area contributed by atoms with E-state index in [1.165, 1.54) is 19.1 Å². The number of benzene rings is 2. The Morgan fingerprint density at radius 2 is 1.62 bits per heavy atom. The van der Waals surface area contributed by atoms with Crippen LogP contribution in [0, 0.1) is 6.92 Å². The molecule has 8 heteroatoms. The molecule has 26 heavy (non-hydrogen) atoms. The molecular formula is C18H18Cl3N3O2. The minimum Gasteiger partial charge on any atom is -0.349 e. The van der Waals surface area contributed by atoms with E-state index in [1.807, 2.05) is 31.2 Å². The average molecular weight is 415 g/mol. The molecule has 3 N–H and O–H groups in total. The van der Waals surface area contributed by atoms with Gasteiger partial charge in [-0.05, 0) is 24.6 Å². The third-order valence-corrected chi connectivity index (χ3v) is 4.39. The van der Waals surface area contributed by atoms with Gasteiger partial charge in [0.1, 0.15) is 0 Å². The minimum absolute atomic E-state index is 0.0401. The van der Waals surface area contributed by atoms with E-state index in [1.54, 1.807) is 0 Å². The van der Waals surface area contributed by atoms with Crippen molar-refractivity contribution >= 4 is 52.3 Å². The highest BCUT2D eigenvalue weighted by Gasteiger charge is 2.17. The fourth-order valence-electron chi connectivity index (χ4n) is 2.33. The summed E-state index contributed by atoms with van der Waals surface area (Å²) in [5.41, 5.74) is 7.50. The van der Waals surface area contributed by atoms with Gasteiger partial charge in [-0.15, -0.1) is 0 Å². The summed E-state index contributed by atoms with van der Waals surface area (Å²) in [6, 6.07) is 10.2. The largest absolute Gasteiger partial charge is 0.349 e. The Morgan fingerprint density at radius 1 is 1.04 bits per heavy atom. The Kier molecular flexibility index (Phi) is 7.14. The Bertz CT molecular complexity index is 787. The van der Waals surface area contributed by atoms with Crippen LogP contribution in [0.25, 0.3) is 0 Å². The Morgan fingerprint density at radius 3 is 2.15 bits per heavy atom. The Balaban J connectivity index is 2.05. The van der Waals surface area contributed by atoms with Crippen molar-refractivity contribution in [2.24, 2.45) is 0 Å². The molecular weight excluding hydrogens is 397 g/mol. The zero-order valence-corrected chi connectivity index (χ0v) is 16.5. The lowest BCUT2D eigenvalue weighted by Gasteiger charge is -2.19. The number of carbonyl (C=O) groups is 2. The summed E-state index contributed by atoms with van der Waals surface area (Å²) >= 11 is 18.0. The highest BCUT2D eigenvalue weighted by molar-refractivity contribution is 6.41. The first-order valence-corrected chi connectivity index (χ1v) is 8.92. The number of hydrogen-bond donors (Lipinski definition) is 3. The number of hydrazine groups is 1. The van der Waals surface area contributed by atoms with Crippen LogP contribution >= 0.6 is 34.8 Å². The molecule has 138 valence electrons. The molecule has 2 amide bonds. The number of hydrogen-bond acceptors (Lipinski definition) is 3. The molecule has 1 atom stereocenters. The third-order valence-electron chi connectivity index (χ3n) is 3.58. The molecule has 1 unspecified atom stereocenters. The van der Waals surface area contributed by atoms with Gasteiger partial charge in [0, 0.05) is 11.9 Å². The predicted molar refractivity (Wildman–Crippen MR) is 106 cm³/mol. The number of rotatable bonds is 6. The molecule has 0 aliphatic carbocycles. The van der Waals surface area contributed by atoms with Crippen LogP contribution in [0.4, 0.5) is 5.69 Å². The Hall–Kier alpha value is -1.95. The van der Waals surface area contributed by atoms with Gasteiger partial charge in [0.2, 0.25) is 11.8 Å². The first-order chi connectivity index (χ1) is 12.3. The van der Waals surface area contributed by atoms with Crippen molar-refractivity contribution in [1.29, 1.82) is 0 Å². The van der Waals surface area contributed by atoms with Crippen LogP contribution in [-0.2, 0) is 9.59 Å². The van der Waals surface area contributed by atoms with Gasteiger partial charge in [0.05, 0.1) is 28.2 Å². The van der Waals surface area contributed by atoms with E-state index in [2.05, 4.69) is 16.2 Å². The van der Waals surface area contributed by atoms with Crippen molar-refractivity contribution in [1.82, 2.24) is 10.7 Å². The predicted octanol–water partition coefficient (Wildman–Crippen LogP) is 4.67. The van der Waals surface area contributed by atoms with Gasteiger partial charge in [-0.2, -0.15) is 0 Å². The maximum atomic E-state index is 12.3. The third kappa shape index (κ3) is 5.80. The number of amides is 2. The van der Waals surface area contributed by atoms with Crippen LogP contribution in [0.3, 0.4) is 0 Å². The summed E-state index contributed by atoms with van der Waals surface area (Å²) in [5, 5.41) is 3.72. The SMILES string of the molecule is CC(=O)NC(CC(=O)NNc1c(Cl)cc(Cl)cc1Cl)c1ccc(C)cc1. The van der Waals surface area contributed by atoms with Gasteiger partial charge in [-0.3, -0.25) is 20.4 Å². The van der Waals surface area contributed by atoms with E-state index in [0.29, 0.717) is 10.7 Å². The average Bonchev–Trinajstić information content (AvgIpc) is 2.53. The second-order valence-electron chi connectivity index (χ2n) is 5.79. The summed E-state index contributed by atoms with van der Waals surface area (Å²) in [5.74, 6) is -0.563. The zero-order chi connectivity index (χ0) is 19.3.